The van der Waals surface area contributed by atoms with Gasteiger partial charge in [-0.3, -0.25) is 9.36 Å². The number of hydrogen-bond acceptors (Lipinski definition) is 4. The zero-order chi connectivity index (χ0) is 15.4. The van der Waals surface area contributed by atoms with E-state index in [4.69, 9.17) is 0 Å². The van der Waals surface area contributed by atoms with Crippen LogP contribution in [0, 0.1) is 0 Å². The quantitative estimate of drug-likeness (QED) is 0.862. The number of benzene rings is 1. The van der Waals surface area contributed by atoms with E-state index in [1.54, 1.807) is 6.33 Å². The Labute approximate surface area is 134 Å². The summed E-state index contributed by atoms with van der Waals surface area (Å²) in [6, 6.07) is 10.3. The van der Waals surface area contributed by atoms with Crippen LogP contribution in [0.2, 0.25) is 0 Å². The monoisotopic (exact) mass is 316 g/mol. The van der Waals surface area contributed by atoms with Gasteiger partial charge in [0, 0.05) is 11.7 Å². The summed E-state index contributed by atoms with van der Waals surface area (Å²) in [7, 11) is 0. The van der Waals surface area contributed by atoms with Crippen LogP contribution in [-0.2, 0) is 4.79 Å². The molecule has 1 atom stereocenters. The van der Waals surface area contributed by atoms with Gasteiger partial charge in [0.25, 0.3) is 0 Å². The molecule has 1 aromatic heterocycles. The number of hydrogen-bond donors (Lipinski definition) is 1. The van der Waals surface area contributed by atoms with Gasteiger partial charge in [0.05, 0.1) is 5.25 Å². The van der Waals surface area contributed by atoms with Gasteiger partial charge in [-0.1, -0.05) is 42.8 Å². The van der Waals surface area contributed by atoms with E-state index in [1.807, 2.05) is 41.8 Å². The Morgan fingerprint density at radius 2 is 2.05 bits per heavy atom. The summed E-state index contributed by atoms with van der Waals surface area (Å²) in [6.07, 6.45) is 6.31. The Bertz CT molecular complexity index is 622. The third kappa shape index (κ3) is 3.50. The molecule has 0 saturated heterocycles. The average molecular weight is 316 g/mol. The molecule has 2 aromatic rings. The Kier molecular flexibility index (Phi) is 4.77. The molecule has 1 aliphatic rings. The highest BCUT2D eigenvalue weighted by Crippen LogP contribution is 2.25. The lowest BCUT2D eigenvalue weighted by Crippen LogP contribution is -2.37. The molecule has 1 fully saturated rings. The Morgan fingerprint density at radius 3 is 2.77 bits per heavy atom. The molecule has 1 aliphatic carbocycles. The molecule has 0 radical (unpaired) electrons. The third-order valence-electron chi connectivity index (χ3n) is 3.90. The Hall–Kier alpha value is -1.82. The van der Waals surface area contributed by atoms with Crippen molar-refractivity contribution in [1.29, 1.82) is 0 Å². The van der Waals surface area contributed by atoms with Gasteiger partial charge in [-0.25, -0.2) is 0 Å². The lowest BCUT2D eigenvalue weighted by atomic mass is 10.2. The lowest BCUT2D eigenvalue weighted by Gasteiger charge is -2.16. The average Bonchev–Trinajstić information content (AvgIpc) is 3.19. The molecule has 1 saturated carbocycles. The maximum atomic E-state index is 12.3. The van der Waals surface area contributed by atoms with E-state index >= 15 is 0 Å². The third-order valence-corrected chi connectivity index (χ3v) is 4.96. The first-order chi connectivity index (χ1) is 10.7. The van der Waals surface area contributed by atoms with E-state index in [-0.39, 0.29) is 11.2 Å². The van der Waals surface area contributed by atoms with Crippen LogP contribution in [0.15, 0.2) is 41.8 Å². The molecular formula is C16H20N4OS. The van der Waals surface area contributed by atoms with Crippen LogP contribution in [0.1, 0.15) is 32.6 Å². The van der Waals surface area contributed by atoms with Crippen molar-refractivity contribution >= 4 is 17.7 Å². The van der Waals surface area contributed by atoms with E-state index in [0.717, 1.165) is 23.7 Å². The molecule has 116 valence electrons. The van der Waals surface area contributed by atoms with Crippen molar-refractivity contribution in [3.63, 3.8) is 0 Å². The highest BCUT2D eigenvalue weighted by Gasteiger charge is 2.22. The van der Waals surface area contributed by atoms with Crippen molar-refractivity contribution in [2.75, 3.05) is 0 Å². The molecule has 0 unspecified atom stereocenters. The predicted molar refractivity (Wildman–Crippen MR) is 87.1 cm³/mol. The summed E-state index contributed by atoms with van der Waals surface area (Å²) in [4.78, 5) is 12.3. The van der Waals surface area contributed by atoms with Crippen LogP contribution in [0.5, 0.6) is 0 Å². The molecule has 6 heteroatoms. The van der Waals surface area contributed by atoms with Gasteiger partial charge in [-0.05, 0) is 31.9 Å². The summed E-state index contributed by atoms with van der Waals surface area (Å²) < 4.78 is 1.91. The maximum Gasteiger partial charge on any atom is 0.233 e. The fourth-order valence-corrected chi connectivity index (χ4v) is 3.52. The fraction of sp³-hybridized carbons (Fsp3) is 0.438. The van der Waals surface area contributed by atoms with E-state index < -0.39 is 0 Å². The summed E-state index contributed by atoms with van der Waals surface area (Å²) in [5.74, 6) is 0.0829. The van der Waals surface area contributed by atoms with Gasteiger partial charge in [0.1, 0.15) is 6.33 Å². The summed E-state index contributed by atoms with van der Waals surface area (Å²) in [6.45, 7) is 1.92. The minimum atomic E-state index is -0.188. The number of amides is 1. The second kappa shape index (κ2) is 6.96. The van der Waals surface area contributed by atoms with Gasteiger partial charge >= 0.3 is 0 Å². The Balaban J connectivity index is 1.65. The SMILES string of the molecule is C[C@H](Sc1nncn1-c1ccccc1)C(=O)NC1CCCC1. The highest BCUT2D eigenvalue weighted by molar-refractivity contribution is 8.00. The number of nitrogens with zero attached hydrogens (tertiary/aromatic N) is 3. The van der Waals surface area contributed by atoms with Gasteiger partial charge in [-0.15, -0.1) is 10.2 Å². The van der Waals surface area contributed by atoms with Crippen LogP contribution in [-0.4, -0.2) is 32.0 Å². The second-order valence-corrected chi connectivity index (χ2v) is 6.88. The minimum Gasteiger partial charge on any atom is -0.352 e. The van der Waals surface area contributed by atoms with E-state index in [9.17, 15) is 4.79 Å². The summed E-state index contributed by atoms with van der Waals surface area (Å²) in [5.41, 5.74) is 0.999. The van der Waals surface area contributed by atoms with Crippen LogP contribution in [0.25, 0.3) is 5.69 Å². The standard InChI is InChI=1S/C16H20N4OS/c1-12(15(21)18-13-7-5-6-8-13)22-16-19-17-11-20(16)14-9-3-2-4-10-14/h2-4,9-13H,5-8H2,1H3,(H,18,21)/t12-/m0/s1. The van der Waals surface area contributed by atoms with Crippen LogP contribution >= 0.6 is 11.8 Å². The molecule has 1 amide bonds. The van der Waals surface area contributed by atoms with Crippen LogP contribution < -0.4 is 5.32 Å². The van der Waals surface area contributed by atoms with Crippen LogP contribution in [0.4, 0.5) is 0 Å². The van der Waals surface area contributed by atoms with Crippen LogP contribution in [0.3, 0.4) is 0 Å². The number of rotatable bonds is 5. The van der Waals surface area contributed by atoms with Gasteiger partial charge < -0.3 is 5.32 Å². The number of carbonyl (C=O) groups excluding carboxylic acids is 1. The predicted octanol–water partition coefficient (Wildman–Crippen LogP) is 2.81. The van der Waals surface area contributed by atoms with Crippen molar-refractivity contribution in [3.8, 4) is 5.69 Å². The van der Waals surface area contributed by atoms with Crippen molar-refractivity contribution in [2.45, 2.75) is 49.1 Å². The lowest BCUT2D eigenvalue weighted by molar-refractivity contribution is -0.120. The van der Waals surface area contributed by atoms with E-state index in [1.165, 1.54) is 24.6 Å². The zero-order valence-corrected chi connectivity index (χ0v) is 13.4. The molecule has 1 heterocycles. The molecule has 0 spiro atoms. The number of carbonyl (C=O) groups is 1. The minimum absolute atomic E-state index is 0.0829. The first-order valence-corrected chi connectivity index (χ1v) is 8.54. The largest absolute Gasteiger partial charge is 0.352 e. The second-order valence-electron chi connectivity index (χ2n) is 5.57. The normalized spacial score (nSPS) is 16.6. The molecule has 3 rings (SSSR count). The molecule has 0 bridgehead atoms. The molecule has 5 nitrogen and oxygen atoms in total. The van der Waals surface area contributed by atoms with Gasteiger partial charge in [-0.2, -0.15) is 0 Å². The smallest absolute Gasteiger partial charge is 0.233 e. The Morgan fingerprint density at radius 1 is 1.32 bits per heavy atom. The first-order valence-electron chi connectivity index (χ1n) is 7.66. The number of nitrogens with one attached hydrogen (secondary N) is 1. The summed E-state index contributed by atoms with van der Waals surface area (Å²) >= 11 is 1.44. The fourth-order valence-electron chi connectivity index (χ4n) is 2.67. The van der Waals surface area contributed by atoms with Crippen molar-refractivity contribution in [3.05, 3.63) is 36.7 Å². The highest BCUT2D eigenvalue weighted by atomic mass is 32.2. The number of aromatic nitrogens is 3. The number of thioether (sulfide) groups is 1. The molecule has 22 heavy (non-hydrogen) atoms. The summed E-state index contributed by atoms with van der Waals surface area (Å²) in [5, 5.41) is 11.8. The maximum absolute atomic E-state index is 12.3. The molecule has 1 aromatic carbocycles. The van der Waals surface area contributed by atoms with Gasteiger partial charge in [0.15, 0.2) is 5.16 Å². The van der Waals surface area contributed by atoms with E-state index in [0.29, 0.717) is 6.04 Å². The first kappa shape index (κ1) is 15.1. The molecule has 1 N–H and O–H groups in total. The van der Waals surface area contributed by atoms with Crippen molar-refractivity contribution in [1.82, 2.24) is 20.1 Å². The molecular weight excluding hydrogens is 296 g/mol. The van der Waals surface area contributed by atoms with Crippen molar-refractivity contribution in [2.24, 2.45) is 0 Å². The topological polar surface area (TPSA) is 59.8 Å². The zero-order valence-electron chi connectivity index (χ0n) is 12.6. The van der Waals surface area contributed by atoms with E-state index in [2.05, 4.69) is 15.5 Å². The number of para-hydroxylation sites is 1. The molecule has 0 aliphatic heterocycles. The van der Waals surface area contributed by atoms with Crippen molar-refractivity contribution < 1.29 is 4.79 Å². The van der Waals surface area contributed by atoms with Gasteiger partial charge in [0.2, 0.25) is 5.91 Å².